The van der Waals surface area contributed by atoms with Crippen LogP contribution in [0.3, 0.4) is 0 Å². The van der Waals surface area contributed by atoms with Gasteiger partial charge >= 0.3 is 12.0 Å². The van der Waals surface area contributed by atoms with E-state index in [0.717, 1.165) is 0 Å². The smallest absolute Gasteiger partial charge is 0.314 e. The Morgan fingerprint density at radius 1 is 1.40 bits per heavy atom. The molecule has 0 fully saturated rings. The molecule has 20 heavy (non-hydrogen) atoms. The number of carbonyl (C=O) groups is 2. The van der Waals surface area contributed by atoms with E-state index in [-0.39, 0.29) is 12.5 Å². The molecule has 1 heterocycles. The molecule has 3 N–H and O–H groups in total. The van der Waals surface area contributed by atoms with Gasteiger partial charge in [-0.3, -0.25) is 4.79 Å². The lowest BCUT2D eigenvalue weighted by molar-refractivity contribution is -0.142. The molecule has 0 spiro atoms. The standard InChI is InChI=1S/C12H20N4O4/c1-8(2)5-9(11(17)18)6-14-12(19)13-4-3-10-15-7-16-20-10/h7-9H,3-6H2,1-2H3,(H,17,18)(H2,13,14,19). The Morgan fingerprint density at radius 3 is 2.70 bits per heavy atom. The molecule has 1 rings (SSSR count). The summed E-state index contributed by atoms with van der Waals surface area (Å²) in [7, 11) is 0. The average molecular weight is 284 g/mol. The van der Waals surface area contributed by atoms with Crippen molar-refractivity contribution < 1.29 is 19.2 Å². The van der Waals surface area contributed by atoms with Crippen molar-refractivity contribution >= 4 is 12.0 Å². The van der Waals surface area contributed by atoms with Gasteiger partial charge in [-0.1, -0.05) is 19.0 Å². The summed E-state index contributed by atoms with van der Waals surface area (Å²) in [6.07, 6.45) is 2.25. The van der Waals surface area contributed by atoms with E-state index in [2.05, 4.69) is 20.8 Å². The number of rotatable bonds is 8. The average Bonchev–Trinajstić information content (AvgIpc) is 2.86. The summed E-state index contributed by atoms with van der Waals surface area (Å²) in [5, 5.41) is 17.6. The largest absolute Gasteiger partial charge is 0.481 e. The van der Waals surface area contributed by atoms with Gasteiger partial charge in [-0.05, 0) is 12.3 Å². The van der Waals surface area contributed by atoms with Gasteiger partial charge in [0, 0.05) is 19.5 Å². The van der Waals surface area contributed by atoms with Gasteiger partial charge in [-0.15, -0.1) is 0 Å². The molecular formula is C12H20N4O4. The molecular weight excluding hydrogens is 264 g/mol. The van der Waals surface area contributed by atoms with Gasteiger partial charge in [0.2, 0.25) is 5.89 Å². The second-order valence-corrected chi connectivity index (χ2v) is 4.89. The molecule has 1 unspecified atom stereocenters. The molecule has 0 aromatic carbocycles. The van der Waals surface area contributed by atoms with Crippen molar-refractivity contribution in [3.05, 3.63) is 12.2 Å². The number of carboxylic acid groups (broad SMARTS) is 1. The van der Waals surface area contributed by atoms with Crippen LogP contribution in [0.25, 0.3) is 0 Å². The summed E-state index contributed by atoms with van der Waals surface area (Å²) in [5.74, 6) is -0.770. The predicted molar refractivity (Wildman–Crippen MR) is 70.0 cm³/mol. The number of amides is 2. The first-order chi connectivity index (χ1) is 9.49. The lowest BCUT2D eigenvalue weighted by atomic mass is 9.97. The highest BCUT2D eigenvalue weighted by Crippen LogP contribution is 2.10. The van der Waals surface area contributed by atoms with Gasteiger partial charge in [0.05, 0.1) is 5.92 Å². The minimum absolute atomic E-state index is 0.111. The Balaban J connectivity index is 2.22. The SMILES string of the molecule is CC(C)CC(CNC(=O)NCCc1ncno1)C(=O)O. The molecule has 0 saturated heterocycles. The van der Waals surface area contributed by atoms with E-state index in [1.807, 2.05) is 13.8 Å². The van der Waals surface area contributed by atoms with Crippen LogP contribution < -0.4 is 10.6 Å². The topological polar surface area (TPSA) is 117 Å². The van der Waals surface area contributed by atoms with Gasteiger partial charge in [-0.25, -0.2) is 4.79 Å². The van der Waals surface area contributed by atoms with Crippen LogP contribution in [0.5, 0.6) is 0 Å². The lowest BCUT2D eigenvalue weighted by Crippen LogP contribution is -2.40. The monoisotopic (exact) mass is 284 g/mol. The molecule has 112 valence electrons. The molecule has 0 aliphatic rings. The highest BCUT2D eigenvalue weighted by molar-refractivity contribution is 5.75. The Labute approximate surface area is 116 Å². The van der Waals surface area contributed by atoms with Crippen LogP contribution in [0, 0.1) is 11.8 Å². The zero-order valence-corrected chi connectivity index (χ0v) is 11.6. The van der Waals surface area contributed by atoms with Crippen molar-refractivity contribution in [2.24, 2.45) is 11.8 Å². The molecule has 8 heteroatoms. The fourth-order valence-corrected chi connectivity index (χ4v) is 1.71. The summed E-state index contributed by atoms with van der Waals surface area (Å²) < 4.78 is 4.78. The highest BCUT2D eigenvalue weighted by atomic mass is 16.5. The number of aromatic nitrogens is 2. The molecule has 0 radical (unpaired) electrons. The van der Waals surface area contributed by atoms with Gasteiger partial charge in [0.15, 0.2) is 6.33 Å². The van der Waals surface area contributed by atoms with Crippen LogP contribution in [0.4, 0.5) is 4.79 Å². The van der Waals surface area contributed by atoms with E-state index in [9.17, 15) is 9.59 Å². The van der Waals surface area contributed by atoms with Crippen LogP contribution in [0.1, 0.15) is 26.2 Å². The van der Waals surface area contributed by atoms with E-state index < -0.39 is 17.9 Å². The zero-order chi connectivity index (χ0) is 15.0. The first-order valence-corrected chi connectivity index (χ1v) is 6.49. The number of carbonyl (C=O) groups excluding carboxylic acids is 1. The zero-order valence-electron chi connectivity index (χ0n) is 11.6. The first-order valence-electron chi connectivity index (χ1n) is 6.49. The minimum Gasteiger partial charge on any atom is -0.481 e. The maximum absolute atomic E-state index is 11.5. The number of hydrogen-bond donors (Lipinski definition) is 3. The van der Waals surface area contributed by atoms with Crippen molar-refractivity contribution in [3.63, 3.8) is 0 Å². The van der Waals surface area contributed by atoms with Crippen molar-refractivity contribution in [3.8, 4) is 0 Å². The fourth-order valence-electron chi connectivity index (χ4n) is 1.71. The van der Waals surface area contributed by atoms with E-state index in [1.54, 1.807) is 0 Å². The third kappa shape index (κ3) is 6.17. The molecule has 1 aromatic heterocycles. The van der Waals surface area contributed by atoms with E-state index in [1.165, 1.54) is 6.33 Å². The Morgan fingerprint density at radius 2 is 2.15 bits per heavy atom. The molecule has 1 atom stereocenters. The summed E-state index contributed by atoms with van der Waals surface area (Å²) in [6, 6.07) is -0.403. The molecule has 2 amide bonds. The lowest BCUT2D eigenvalue weighted by Gasteiger charge is -2.15. The highest BCUT2D eigenvalue weighted by Gasteiger charge is 2.19. The Hall–Kier alpha value is -2.12. The minimum atomic E-state index is -0.898. The number of urea groups is 1. The van der Waals surface area contributed by atoms with Crippen molar-refractivity contribution in [1.29, 1.82) is 0 Å². The second kappa shape index (κ2) is 8.13. The third-order valence-corrected chi connectivity index (χ3v) is 2.65. The van der Waals surface area contributed by atoms with Crippen molar-refractivity contribution in [2.75, 3.05) is 13.1 Å². The summed E-state index contributed by atoms with van der Waals surface area (Å²) in [5.41, 5.74) is 0. The molecule has 0 aliphatic heterocycles. The number of nitrogens with one attached hydrogen (secondary N) is 2. The Bertz CT molecular complexity index is 419. The van der Waals surface area contributed by atoms with Crippen LogP contribution in [-0.4, -0.2) is 40.3 Å². The molecule has 8 nitrogen and oxygen atoms in total. The number of hydrogen-bond acceptors (Lipinski definition) is 5. The van der Waals surface area contributed by atoms with Crippen LogP contribution in [0.15, 0.2) is 10.9 Å². The summed E-state index contributed by atoms with van der Waals surface area (Å²) in [6.45, 7) is 4.34. The van der Waals surface area contributed by atoms with E-state index in [0.29, 0.717) is 25.3 Å². The van der Waals surface area contributed by atoms with Gasteiger partial charge < -0.3 is 20.3 Å². The fraction of sp³-hybridized carbons (Fsp3) is 0.667. The number of carboxylic acids is 1. The van der Waals surface area contributed by atoms with Gasteiger partial charge in [0.25, 0.3) is 0 Å². The predicted octanol–water partition coefficient (Wildman–Crippen LogP) is 0.658. The number of nitrogens with zero attached hydrogens (tertiary/aromatic N) is 2. The summed E-state index contributed by atoms with van der Waals surface area (Å²) in [4.78, 5) is 26.3. The van der Waals surface area contributed by atoms with Crippen molar-refractivity contribution in [1.82, 2.24) is 20.8 Å². The maximum atomic E-state index is 11.5. The number of aliphatic carboxylic acids is 1. The van der Waals surface area contributed by atoms with Crippen LogP contribution >= 0.6 is 0 Å². The van der Waals surface area contributed by atoms with Gasteiger partial charge in [0.1, 0.15) is 0 Å². The van der Waals surface area contributed by atoms with E-state index in [4.69, 9.17) is 9.63 Å². The Kier molecular flexibility index (Phi) is 6.48. The maximum Gasteiger partial charge on any atom is 0.314 e. The molecule has 0 aliphatic carbocycles. The first kappa shape index (κ1) is 15.9. The van der Waals surface area contributed by atoms with E-state index >= 15 is 0 Å². The summed E-state index contributed by atoms with van der Waals surface area (Å²) >= 11 is 0. The van der Waals surface area contributed by atoms with Gasteiger partial charge in [-0.2, -0.15) is 4.98 Å². The quantitative estimate of drug-likeness (QED) is 0.645. The van der Waals surface area contributed by atoms with Crippen molar-refractivity contribution in [2.45, 2.75) is 26.7 Å². The van der Waals surface area contributed by atoms with Crippen LogP contribution in [-0.2, 0) is 11.2 Å². The third-order valence-electron chi connectivity index (χ3n) is 2.65. The normalized spacial score (nSPS) is 12.2. The molecule has 0 saturated carbocycles. The molecule has 1 aromatic rings. The second-order valence-electron chi connectivity index (χ2n) is 4.89. The van der Waals surface area contributed by atoms with Crippen LogP contribution in [0.2, 0.25) is 0 Å². The molecule has 0 bridgehead atoms.